The van der Waals surface area contributed by atoms with E-state index < -0.39 is 0 Å². The van der Waals surface area contributed by atoms with Crippen LogP contribution in [0.1, 0.15) is 29.3 Å². The highest BCUT2D eigenvalue weighted by Crippen LogP contribution is 2.12. The number of nitrogens with zero attached hydrogens (tertiary/aromatic N) is 1. The van der Waals surface area contributed by atoms with Gasteiger partial charge in [0.25, 0.3) is 5.69 Å². The Balaban J connectivity index is 2.43. The maximum absolute atomic E-state index is 5.19. The lowest BCUT2D eigenvalue weighted by Crippen LogP contribution is -2.16. The van der Waals surface area contributed by atoms with E-state index in [1.165, 1.54) is 5.56 Å². The predicted molar refractivity (Wildman–Crippen MR) is 68.4 cm³/mol. The molecule has 94 valence electrons. The number of H-pyrrole nitrogens is 1. The first-order chi connectivity index (χ1) is 8.72. The van der Waals surface area contributed by atoms with Crippen LogP contribution >= 0.6 is 0 Å². The molecule has 0 aliphatic rings. The summed E-state index contributed by atoms with van der Waals surface area (Å²) in [5.74, 6) is 0. The number of benzene rings is 1. The van der Waals surface area contributed by atoms with E-state index in [2.05, 4.69) is 17.2 Å². The van der Waals surface area contributed by atoms with E-state index in [0.717, 1.165) is 22.5 Å². The fourth-order valence-electron chi connectivity index (χ4n) is 1.63. The van der Waals surface area contributed by atoms with Crippen molar-refractivity contribution in [1.29, 1.82) is 0 Å². The summed E-state index contributed by atoms with van der Waals surface area (Å²) >= 11 is 0. The van der Waals surface area contributed by atoms with Crippen LogP contribution in [0.3, 0.4) is 0 Å². The van der Waals surface area contributed by atoms with Crippen LogP contribution in [0, 0.1) is 13.8 Å². The van der Waals surface area contributed by atoms with Crippen LogP contribution < -0.4 is 5.16 Å². The van der Waals surface area contributed by atoms with E-state index in [-0.39, 0.29) is 0 Å². The van der Waals surface area contributed by atoms with Crippen LogP contribution in [0.2, 0.25) is 0 Å². The van der Waals surface area contributed by atoms with E-state index in [4.69, 9.17) is 9.36 Å². The Bertz CT molecular complexity index is 541. The molecule has 1 heterocycles. The van der Waals surface area contributed by atoms with Gasteiger partial charge >= 0.3 is 0 Å². The van der Waals surface area contributed by atoms with Crippen LogP contribution in [0.5, 0.6) is 0 Å². The average Bonchev–Trinajstić information content (AvgIpc) is 2.78. The topological polar surface area (TPSA) is 48.9 Å². The van der Waals surface area contributed by atoms with Crippen molar-refractivity contribution in [3.63, 3.8) is 0 Å². The lowest BCUT2D eigenvalue weighted by atomic mass is 10.0. The SMILES string of the molecule is CCO/N=C(\c1ccc(C)cc1)c1[nH+]occ1C. The zero-order valence-electron chi connectivity index (χ0n) is 10.9. The Morgan fingerprint density at radius 1 is 1.28 bits per heavy atom. The van der Waals surface area contributed by atoms with Gasteiger partial charge in [-0.25, -0.2) is 4.52 Å². The molecule has 4 heteroatoms. The molecule has 1 aromatic heterocycles. The van der Waals surface area contributed by atoms with Gasteiger partial charge < -0.3 is 4.84 Å². The molecule has 1 aromatic carbocycles. The summed E-state index contributed by atoms with van der Waals surface area (Å²) in [6.45, 7) is 6.46. The third kappa shape index (κ3) is 2.59. The highest BCUT2D eigenvalue weighted by molar-refractivity contribution is 6.11. The Hall–Kier alpha value is -2.10. The van der Waals surface area contributed by atoms with Gasteiger partial charge in [0.05, 0.1) is 5.56 Å². The molecule has 0 fully saturated rings. The number of rotatable bonds is 4. The monoisotopic (exact) mass is 245 g/mol. The summed E-state index contributed by atoms with van der Waals surface area (Å²) < 4.78 is 5.09. The van der Waals surface area contributed by atoms with Gasteiger partial charge in [0, 0.05) is 5.56 Å². The first kappa shape index (κ1) is 12.4. The Morgan fingerprint density at radius 3 is 2.56 bits per heavy atom. The predicted octanol–water partition coefficient (Wildman–Crippen LogP) is 2.50. The largest absolute Gasteiger partial charge is 0.395 e. The van der Waals surface area contributed by atoms with E-state index in [9.17, 15) is 0 Å². The highest BCUT2D eigenvalue weighted by Gasteiger charge is 2.20. The number of hydrogen-bond acceptors (Lipinski definition) is 3. The molecule has 0 saturated heterocycles. The molecular weight excluding hydrogens is 228 g/mol. The van der Waals surface area contributed by atoms with Crippen molar-refractivity contribution in [1.82, 2.24) is 0 Å². The molecule has 2 rings (SSSR count). The maximum Gasteiger partial charge on any atom is 0.284 e. The number of nitrogens with one attached hydrogen (secondary N) is 1. The molecule has 0 unspecified atom stereocenters. The van der Waals surface area contributed by atoms with Gasteiger partial charge in [0.1, 0.15) is 6.61 Å². The lowest BCUT2D eigenvalue weighted by Gasteiger charge is -2.02. The summed E-state index contributed by atoms with van der Waals surface area (Å²) in [7, 11) is 0. The minimum absolute atomic E-state index is 0.534. The van der Waals surface area contributed by atoms with E-state index in [0.29, 0.717) is 6.61 Å². The Kier molecular flexibility index (Phi) is 3.77. The fourth-order valence-corrected chi connectivity index (χ4v) is 1.63. The lowest BCUT2D eigenvalue weighted by molar-refractivity contribution is -0.610. The minimum atomic E-state index is 0.534. The second kappa shape index (κ2) is 5.49. The summed E-state index contributed by atoms with van der Waals surface area (Å²) in [6.07, 6.45) is 1.66. The van der Waals surface area contributed by atoms with Crippen LogP contribution in [0.15, 0.2) is 40.2 Å². The number of oxime groups is 1. The molecule has 0 aliphatic heterocycles. The van der Waals surface area contributed by atoms with Gasteiger partial charge in [0.15, 0.2) is 12.0 Å². The van der Waals surface area contributed by atoms with Crippen molar-refractivity contribution in [3.8, 4) is 0 Å². The van der Waals surface area contributed by atoms with Crippen LogP contribution in [-0.4, -0.2) is 12.3 Å². The van der Waals surface area contributed by atoms with Gasteiger partial charge in [-0.2, -0.15) is 0 Å². The highest BCUT2D eigenvalue weighted by atomic mass is 16.6. The zero-order valence-corrected chi connectivity index (χ0v) is 10.9. The van der Waals surface area contributed by atoms with Crippen molar-refractivity contribution < 1.29 is 14.5 Å². The smallest absolute Gasteiger partial charge is 0.284 e. The second-order valence-electron chi connectivity index (χ2n) is 4.12. The third-order valence-corrected chi connectivity index (χ3v) is 2.64. The van der Waals surface area contributed by atoms with E-state index >= 15 is 0 Å². The van der Waals surface area contributed by atoms with Crippen molar-refractivity contribution in [2.75, 3.05) is 6.61 Å². The molecule has 0 atom stereocenters. The molecule has 4 nitrogen and oxygen atoms in total. The second-order valence-corrected chi connectivity index (χ2v) is 4.12. The molecule has 18 heavy (non-hydrogen) atoms. The quantitative estimate of drug-likeness (QED) is 0.613. The van der Waals surface area contributed by atoms with Crippen LogP contribution in [0.4, 0.5) is 0 Å². The minimum Gasteiger partial charge on any atom is -0.395 e. The average molecular weight is 245 g/mol. The van der Waals surface area contributed by atoms with Gasteiger partial charge in [0.2, 0.25) is 0 Å². The summed E-state index contributed by atoms with van der Waals surface area (Å²) in [6, 6.07) is 8.14. The normalized spacial score (nSPS) is 11.6. The molecule has 0 radical (unpaired) electrons. The molecular formula is C14H17N2O2+. The number of aromatic amines is 1. The number of aromatic nitrogens is 1. The Morgan fingerprint density at radius 2 is 2.00 bits per heavy atom. The molecule has 0 spiro atoms. The van der Waals surface area contributed by atoms with Gasteiger partial charge in [-0.15, -0.1) is 0 Å². The summed E-state index contributed by atoms with van der Waals surface area (Å²) in [5, 5.41) is 7.01. The molecule has 1 N–H and O–H groups in total. The van der Waals surface area contributed by atoms with Crippen molar-refractivity contribution in [3.05, 3.63) is 52.9 Å². The first-order valence-electron chi connectivity index (χ1n) is 5.95. The van der Waals surface area contributed by atoms with Gasteiger partial charge in [-0.1, -0.05) is 35.0 Å². The van der Waals surface area contributed by atoms with Crippen LogP contribution in [-0.2, 0) is 4.84 Å². The number of aryl methyl sites for hydroxylation is 2. The maximum atomic E-state index is 5.19. The summed E-state index contributed by atoms with van der Waals surface area (Å²) in [4.78, 5) is 5.19. The first-order valence-corrected chi connectivity index (χ1v) is 5.95. The zero-order chi connectivity index (χ0) is 13.0. The van der Waals surface area contributed by atoms with E-state index in [1.54, 1.807) is 6.26 Å². The van der Waals surface area contributed by atoms with Crippen molar-refractivity contribution >= 4 is 5.71 Å². The third-order valence-electron chi connectivity index (χ3n) is 2.64. The molecule has 0 aliphatic carbocycles. The van der Waals surface area contributed by atoms with Crippen molar-refractivity contribution in [2.24, 2.45) is 5.16 Å². The van der Waals surface area contributed by atoms with Crippen LogP contribution in [0.25, 0.3) is 0 Å². The standard InChI is InChI=1S/C14H16N2O2/c1-4-17-16-14(13-11(3)9-18-15-13)12-7-5-10(2)6-8-12/h5-9H,4H2,1-3H3/p+1/b16-14+. The molecule has 0 bridgehead atoms. The van der Waals surface area contributed by atoms with E-state index in [1.807, 2.05) is 38.1 Å². The van der Waals surface area contributed by atoms with Crippen molar-refractivity contribution in [2.45, 2.75) is 20.8 Å². The molecule has 2 aromatic rings. The fraction of sp³-hybridized carbons (Fsp3) is 0.286. The number of hydrogen-bond donors (Lipinski definition) is 0. The molecule has 0 amide bonds. The summed E-state index contributed by atoms with van der Waals surface area (Å²) in [5.41, 5.74) is 4.79. The molecule has 0 saturated carbocycles. The van der Waals surface area contributed by atoms with Gasteiger partial charge in [-0.05, 0) is 25.9 Å². The van der Waals surface area contributed by atoms with Gasteiger partial charge in [-0.3, -0.25) is 0 Å². The Labute approximate surface area is 106 Å².